The SMILES string of the molecule is COc1ccc(-c2ccc(OCCC(F)(F)c3ccc(-c4ccc(C)c(F)c4F)cc3)c(F)c2)c(F)c1F. The summed E-state index contributed by atoms with van der Waals surface area (Å²) in [5.41, 5.74) is -0.274. The molecule has 9 heteroatoms. The van der Waals surface area contributed by atoms with E-state index in [9.17, 15) is 30.7 Å². The van der Waals surface area contributed by atoms with Gasteiger partial charge in [0.1, 0.15) is 0 Å². The molecule has 38 heavy (non-hydrogen) atoms. The molecule has 0 saturated carbocycles. The lowest BCUT2D eigenvalue weighted by atomic mass is 9.99. The van der Waals surface area contributed by atoms with Crippen LogP contribution in [0.3, 0.4) is 0 Å². The second kappa shape index (κ2) is 10.8. The fourth-order valence-corrected chi connectivity index (χ4v) is 3.89. The first kappa shape index (κ1) is 27.0. The maximum atomic E-state index is 14.7. The van der Waals surface area contributed by atoms with Crippen LogP contribution in [-0.2, 0) is 5.92 Å². The predicted octanol–water partition coefficient (Wildman–Crippen LogP) is 8.59. The average molecular weight is 534 g/mol. The summed E-state index contributed by atoms with van der Waals surface area (Å²) in [5, 5.41) is 0. The quantitative estimate of drug-likeness (QED) is 0.211. The number of halogens is 7. The highest BCUT2D eigenvalue weighted by Crippen LogP contribution is 2.35. The van der Waals surface area contributed by atoms with Gasteiger partial charge in [-0.3, -0.25) is 0 Å². The van der Waals surface area contributed by atoms with Gasteiger partial charge in [-0.25, -0.2) is 26.3 Å². The molecule has 4 rings (SSSR count). The van der Waals surface area contributed by atoms with Crippen LogP contribution in [0.15, 0.2) is 66.7 Å². The van der Waals surface area contributed by atoms with Crippen LogP contribution < -0.4 is 9.47 Å². The molecule has 0 spiro atoms. The van der Waals surface area contributed by atoms with Crippen molar-refractivity contribution in [2.24, 2.45) is 0 Å². The average Bonchev–Trinajstić information content (AvgIpc) is 2.90. The van der Waals surface area contributed by atoms with Gasteiger partial charge in [0, 0.05) is 23.1 Å². The molecule has 0 saturated heterocycles. The minimum Gasteiger partial charge on any atom is -0.494 e. The lowest BCUT2D eigenvalue weighted by molar-refractivity contribution is -0.0245. The number of ether oxygens (including phenoxy) is 2. The standard InChI is InChI=1S/C29H21F7O2/c1-16-3-9-20(26(32)25(16)31)17-4-7-19(8-5-17)29(35,36)13-14-38-23-11-6-18(15-22(23)30)21-10-12-24(37-2)28(34)27(21)33/h3-12,15H,13-14H2,1-2H3. The van der Waals surface area contributed by atoms with Crippen molar-refractivity contribution < 1.29 is 40.2 Å². The topological polar surface area (TPSA) is 18.5 Å². The molecule has 0 unspecified atom stereocenters. The van der Waals surface area contributed by atoms with Gasteiger partial charge in [0.05, 0.1) is 13.7 Å². The van der Waals surface area contributed by atoms with Crippen LogP contribution in [0, 0.1) is 36.0 Å². The molecule has 0 bridgehead atoms. The molecule has 0 amide bonds. The number of benzene rings is 4. The lowest BCUT2D eigenvalue weighted by Crippen LogP contribution is -2.17. The second-order valence-electron chi connectivity index (χ2n) is 8.53. The van der Waals surface area contributed by atoms with Crippen molar-refractivity contribution in [2.45, 2.75) is 19.3 Å². The number of rotatable bonds is 8. The summed E-state index contributed by atoms with van der Waals surface area (Å²) in [6, 6.07) is 13.2. The molecule has 0 aliphatic carbocycles. The van der Waals surface area contributed by atoms with Crippen molar-refractivity contribution in [3.8, 4) is 33.8 Å². The molecular weight excluding hydrogens is 513 g/mol. The fourth-order valence-electron chi connectivity index (χ4n) is 3.89. The normalized spacial score (nSPS) is 11.5. The van der Waals surface area contributed by atoms with E-state index in [1.54, 1.807) is 0 Å². The molecule has 0 aliphatic rings. The second-order valence-corrected chi connectivity index (χ2v) is 8.53. The zero-order valence-corrected chi connectivity index (χ0v) is 20.2. The van der Waals surface area contributed by atoms with Crippen molar-refractivity contribution in [3.63, 3.8) is 0 Å². The minimum atomic E-state index is -3.37. The van der Waals surface area contributed by atoms with Gasteiger partial charge in [-0.15, -0.1) is 0 Å². The molecule has 0 heterocycles. The van der Waals surface area contributed by atoms with Crippen molar-refractivity contribution >= 4 is 0 Å². The maximum Gasteiger partial charge on any atom is 0.276 e. The number of methoxy groups -OCH3 is 1. The molecule has 0 radical (unpaired) electrons. The van der Waals surface area contributed by atoms with Gasteiger partial charge < -0.3 is 9.47 Å². The first-order chi connectivity index (χ1) is 18.0. The zero-order valence-electron chi connectivity index (χ0n) is 20.2. The molecule has 0 N–H and O–H groups in total. The monoisotopic (exact) mass is 534 g/mol. The van der Waals surface area contributed by atoms with Gasteiger partial charge in [0.25, 0.3) is 5.92 Å². The Morgan fingerprint density at radius 3 is 1.89 bits per heavy atom. The minimum absolute atomic E-state index is 0.0178. The summed E-state index contributed by atoms with van der Waals surface area (Å²) >= 11 is 0. The highest BCUT2D eigenvalue weighted by Gasteiger charge is 2.31. The van der Waals surface area contributed by atoms with Crippen LogP contribution in [0.5, 0.6) is 11.5 Å². The predicted molar refractivity (Wildman–Crippen MR) is 129 cm³/mol. The van der Waals surface area contributed by atoms with Gasteiger partial charge >= 0.3 is 0 Å². The van der Waals surface area contributed by atoms with E-state index >= 15 is 0 Å². The summed E-state index contributed by atoms with van der Waals surface area (Å²) in [6.45, 7) is 0.852. The zero-order chi connectivity index (χ0) is 27.6. The fraction of sp³-hybridized carbons (Fsp3) is 0.172. The van der Waals surface area contributed by atoms with Crippen LogP contribution in [0.25, 0.3) is 22.3 Å². The number of alkyl halides is 2. The summed E-state index contributed by atoms with van der Waals surface area (Å²) in [4.78, 5) is 0. The molecular formula is C29H21F7O2. The highest BCUT2D eigenvalue weighted by molar-refractivity contribution is 5.67. The van der Waals surface area contributed by atoms with Crippen LogP contribution in [0.1, 0.15) is 17.5 Å². The number of hydrogen-bond acceptors (Lipinski definition) is 2. The van der Waals surface area contributed by atoms with Gasteiger partial charge in [-0.2, -0.15) is 4.39 Å². The van der Waals surface area contributed by atoms with Crippen LogP contribution in [0.2, 0.25) is 0 Å². The first-order valence-electron chi connectivity index (χ1n) is 11.4. The van der Waals surface area contributed by atoms with E-state index in [4.69, 9.17) is 9.47 Å². The Labute approximate surface area is 214 Å². The Morgan fingerprint density at radius 1 is 0.658 bits per heavy atom. The Morgan fingerprint density at radius 2 is 1.24 bits per heavy atom. The van der Waals surface area contributed by atoms with Gasteiger partial charge in [-0.1, -0.05) is 42.5 Å². The Balaban J connectivity index is 1.43. The Hall–Kier alpha value is -4.01. The van der Waals surface area contributed by atoms with E-state index in [1.165, 1.54) is 56.5 Å². The summed E-state index contributed by atoms with van der Waals surface area (Å²) in [6.07, 6.45) is -0.806. The summed E-state index contributed by atoms with van der Waals surface area (Å²) < 4.78 is 110. The van der Waals surface area contributed by atoms with E-state index in [-0.39, 0.29) is 44.9 Å². The lowest BCUT2D eigenvalue weighted by Gasteiger charge is -2.18. The number of hydrogen-bond donors (Lipinski definition) is 0. The Bertz CT molecular complexity index is 1470. The Kier molecular flexibility index (Phi) is 7.66. The molecule has 4 aromatic carbocycles. The molecule has 4 aromatic rings. The number of aryl methyl sites for hydroxylation is 1. The van der Waals surface area contributed by atoms with Crippen molar-refractivity contribution in [1.82, 2.24) is 0 Å². The van der Waals surface area contributed by atoms with Crippen molar-refractivity contribution in [3.05, 3.63) is 107 Å². The molecule has 0 fully saturated rings. The third-order valence-corrected chi connectivity index (χ3v) is 6.08. The third-order valence-electron chi connectivity index (χ3n) is 6.08. The van der Waals surface area contributed by atoms with Gasteiger partial charge in [-0.05, 0) is 47.9 Å². The maximum absolute atomic E-state index is 14.7. The molecule has 198 valence electrons. The van der Waals surface area contributed by atoms with E-state index in [1.807, 2.05) is 0 Å². The highest BCUT2D eigenvalue weighted by atomic mass is 19.3. The largest absolute Gasteiger partial charge is 0.494 e. The van der Waals surface area contributed by atoms with Crippen LogP contribution in [0.4, 0.5) is 30.7 Å². The smallest absolute Gasteiger partial charge is 0.276 e. The molecule has 0 aromatic heterocycles. The van der Waals surface area contributed by atoms with E-state index in [0.29, 0.717) is 0 Å². The van der Waals surface area contributed by atoms with Gasteiger partial charge in [0.2, 0.25) is 5.82 Å². The van der Waals surface area contributed by atoms with E-state index < -0.39 is 48.0 Å². The van der Waals surface area contributed by atoms with Crippen molar-refractivity contribution in [2.75, 3.05) is 13.7 Å². The molecule has 0 atom stereocenters. The van der Waals surface area contributed by atoms with Crippen LogP contribution >= 0.6 is 0 Å². The van der Waals surface area contributed by atoms with Gasteiger partial charge in [0.15, 0.2) is 34.8 Å². The third kappa shape index (κ3) is 5.32. The molecule has 0 aliphatic heterocycles. The first-order valence-corrected chi connectivity index (χ1v) is 11.4. The summed E-state index contributed by atoms with van der Waals surface area (Å²) in [7, 11) is 1.18. The molecule has 2 nitrogen and oxygen atoms in total. The van der Waals surface area contributed by atoms with E-state index in [2.05, 4.69) is 0 Å². The van der Waals surface area contributed by atoms with Crippen molar-refractivity contribution in [1.29, 1.82) is 0 Å². The van der Waals surface area contributed by atoms with E-state index in [0.717, 1.165) is 24.3 Å². The summed E-state index contributed by atoms with van der Waals surface area (Å²) in [5.74, 6) is -9.48. The van der Waals surface area contributed by atoms with Crippen LogP contribution in [-0.4, -0.2) is 13.7 Å².